The Morgan fingerprint density at radius 2 is 2.29 bits per heavy atom. The molecule has 0 aliphatic rings. The van der Waals surface area contributed by atoms with Crippen LogP contribution in [0.15, 0.2) is 36.8 Å². The van der Waals surface area contributed by atoms with Crippen molar-refractivity contribution in [3.05, 3.63) is 53.1 Å². The first-order chi connectivity index (χ1) is 10.1. The Bertz CT molecular complexity index is 817. The average molecular weight is 298 g/mol. The van der Waals surface area contributed by atoms with Crippen molar-refractivity contribution < 1.29 is 4.79 Å². The van der Waals surface area contributed by atoms with Gasteiger partial charge in [-0.15, -0.1) is 11.3 Å². The van der Waals surface area contributed by atoms with Crippen LogP contribution in [0.25, 0.3) is 11.0 Å². The quantitative estimate of drug-likeness (QED) is 0.756. The minimum Gasteiger partial charge on any atom is -0.321 e. The summed E-state index contributed by atoms with van der Waals surface area (Å²) in [5.74, 6) is -0.190. The van der Waals surface area contributed by atoms with E-state index in [1.54, 1.807) is 41.9 Å². The number of imidazole rings is 1. The highest BCUT2D eigenvalue weighted by Gasteiger charge is 2.08. The van der Waals surface area contributed by atoms with E-state index in [1.165, 1.54) is 11.0 Å². The predicted molar refractivity (Wildman–Crippen MR) is 84.4 cm³/mol. The molecule has 1 N–H and O–H groups in total. The van der Waals surface area contributed by atoms with Crippen molar-refractivity contribution in [2.24, 2.45) is 0 Å². The molecule has 0 radical (unpaired) electrons. The van der Waals surface area contributed by atoms with Crippen LogP contribution in [0.2, 0.25) is 0 Å². The van der Waals surface area contributed by atoms with Crippen molar-refractivity contribution in [3.63, 3.8) is 0 Å². The third-order valence-corrected chi connectivity index (χ3v) is 3.88. The number of carbonyl (C=O) groups excluding carboxylic acids is 1. The molecule has 0 fully saturated rings. The van der Waals surface area contributed by atoms with Gasteiger partial charge in [-0.1, -0.05) is 0 Å². The molecule has 106 valence electrons. The Hall–Kier alpha value is -2.47. The lowest BCUT2D eigenvalue weighted by molar-refractivity contribution is -0.111. The van der Waals surface area contributed by atoms with Crippen LogP contribution in [0, 0.1) is 13.8 Å². The molecular weight excluding hydrogens is 284 g/mol. The predicted octanol–water partition coefficient (Wildman–Crippen LogP) is 3.06. The van der Waals surface area contributed by atoms with Crippen LogP contribution in [0.5, 0.6) is 0 Å². The Kier molecular flexibility index (Phi) is 3.53. The van der Waals surface area contributed by atoms with Gasteiger partial charge in [0, 0.05) is 23.3 Å². The van der Waals surface area contributed by atoms with Gasteiger partial charge < -0.3 is 5.32 Å². The molecule has 3 aromatic rings. The number of aromatic nitrogens is 3. The van der Waals surface area contributed by atoms with E-state index in [0.29, 0.717) is 5.69 Å². The lowest BCUT2D eigenvalue weighted by atomic mass is 10.3. The smallest absolute Gasteiger partial charge is 0.248 e. The minimum atomic E-state index is -0.190. The number of nitrogens with zero attached hydrogens (tertiary/aromatic N) is 3. The van der Waals surface area contributed by atoms with Crippen LogP contribution < -0.4 is 5.32 Å². The van der Waals surface area contributed by atoms with Crippen LogP contribution in [-0.2, 0) is 4.79 Å². The topological polar surface area (TPSA) is 59.3 Å². The molecule has 0 aliphatic heterocycles. The number of carbonyl (C=O) groups is 1. The second-order valence-corrected chi connectivity index (χ2v) is 5.85. The largest absolute Gasteiger partial charge is 0.321 e. The van der Waals surface area contributed by atoms with Crippen LogP contribution >= 0.6 is 11.3 Å². The molecule has 0 aromatic carbocycles. The number of hydrogen-bond acceptors (Lipinski definition) is 4. The fraction of sp³-hybridized carbons (Fsp3) is 0.133. The van der Waals surface area contributed by atoms with E-state index in [2.05, 4.69) is 15.3 Å². The van der Waals surface area contributed by atoms with Crippen molar-refractivity contribution in [2.45, 2.75) is 13.8 Å². The van der Waals surface area contributed by atoms with Gasteiger partial charge in [-0.2, -0.15) is 0 Å². The maximum Gasteiger partial charge on any atom is 0.248 e. The van der Waals surface area contributed by atoms with Gasteiger partial charge >= 0.3 is 0 Å². The molecule has 0 saturated carbocycles. The summed E-state index contributed by atoms with van der Waals surface area (Å²) in [4.78, 5) is 22.5. The Labute approximate surface area is 126 Å². The molecule has 0 spiro atoms. The van der Waals surface area contributed by atoms with Crippen molar-refractivity contribution in [1.29, 1.82) is 0 Å². The number of nitrogens with one attached hydrogen (secondary N) is 1. The molecule has 3 aromatic heterocycles. The Morgan fingerprint density at radius 1 is 1.43 bits per heavy atom. The van der Waals surface area contributed by atoms with Gasteiger partial charge in [0.1, 0.15) is 0 Å². The normalized spacial score (nSPS) is 11.3. The van der Waals surface area contributed by atoms with Gasteiger partial charge in [0.15, 0.2) is 4.96 Å². The first-order valence-electron chi connectivity index (χ1n) is 6.47. The second kappa shape index (κ2) is 5.49. The first kappa shape index (κ1) is 13.5. The molecule has 3 rings (SSSR count). The van der Waals surface area contributed by atoms with Gasteiger partial charge in [0.05, 0.1) is 23.3 Å². The molecule has 0 bridgehead atoms. The number of fused-ring (bicyclic) bond motifs is 1. The number of aryl methyl sites for hydroxylation is 2. The molecular formula is C15H14N4OS. The highest BCUT2D eigenvalue weighted by atomic mass is 32.1. The average Bonchev–Trinajstić information content (AvgIpc) is 2.93. The van der Waals surface area contributed by atoms with Crippen LogP contribution in [0.4, 0.5) is 5.69 Å². The van der Waals surface area contributed by atoms with E-state index >= 15 is 0 Å². The SMILES string of the molecule is Cc1cn2c(C=CC(=O)Nc3cccnc3)c(C)nc2s1. The maximum absolute atomic E-state index is 11.9. The summed E-state index contributed by atoms with van der Waals surface area (Å²) < 4.78 is 2.00. The van der Waals surface area contributed by atoms with Gasteiger partial charge in [-0.3, -0.25) is 14.2 Å². The summed E-state index contributed by atoms with van der Waals surface area (Å²) in [5.41, 5.74) is 2.51. The summed E-state index contributed by atoms with van der Waals surface area (Å²) in [5, 5.41) is 2.76. The fourth-order valence-electron chi connectivity index (χ4n) is 2.06. The van der Waals surface area contributed by atoms with E-state index in [0.717, 1.165) is 16.3 Å². The highest BCUT2D eigenvalue weighted by molar-refractivity contribution is 7.17. The standard InChI is InChI=1S/C15H14N4OS/c1-10-9-19-13(11(2)17-15(19)21-10)5-6-14(20)18-12-4-3-7-16-8-12/h3-9H,1-2H3,(H,18,20). The molecule has 3 heterocycles. The second-order valence-electron chi connectivity index (χ2n) is 4.64. The third-order valence-electron chi connectivity index (χ3n) is 2.98. The van der Waals surface area contributed by atoms with Crippen molar-refractivity contribution in [3.8, 4) is 0 Å². The summed E-state index contributed by atoms with van der Waals surface area (Å²) in [7, 11) is 0. The molecule has 5 nitrogen and oxygen atoms in total. The summed E-state index contributed by atoms with van der Waals surface area (Å²) in [6, 6.07) is 3.57. The number of pyridine rings is 1. The van der Waals surface area contributed by atoms with Crippen LogP contribution in [0.3, 0.4) is 0 Å². The van der Waals surface area contributed by atoms with E-state index in [-0.39, 0.29) is 5.91 Å². The number of hydrogen-bond donors (Lipinski definition) is 1. The van der Waals surface area contributed by atoms with Crippen molar-refractivity contribution in [2.75, 3.05) is 5.32 Å². The lowest BCUT2D eigenvalue weighted by Gasteiger charge is -2.00. The number of thiazole rings is 1. The monoisotopic (exact) mass is 298 g/mol. The van der Waals surface area contributed by atoms with Crippen LogP contribution in [0.1, 0.15) is 16.3 Å². The van der Waals surface area contributed by atoms with E-state index in [1.807, 2.05) is 24.4 Å². The fourth-order valence-corrected chi connectivity index (χ4v) is 2.94. The summed E-state index contributed by atoms with van der Waals surface area (Å²) in [6.45, 7) is 3.98. The zero-order valence-corrected chi connectivity index (χ0v) is 12.5. The molecule has 0 atom stereocenters. The molecule has 0 aliphatic carbocycles. The lowest BCUT2D eigenvalue weighted by Crippen LogP contribution is -2.07. The molecule has 21 heavy (non-hydrogen) atoms. The van der Waals surface area contributed by atoms with E-state index < -0.39 is 0 Å². The van der Waals surface area contributed by atoms with Gasteiger partial charge in [-0.05, 0) is 32.1 Å². The van der Waals surface area contributed by atoms with E-state index in [9.17, 15) is 4.79 Å². The zero-order chi connectivity index (χ0) is 14.8. The minimum absolute atomic E-state index is 0.190. The third kappa shape index (κ3) is 2.85. The molecule has 0 unspecified atom stereocenters. The van der Waals surface area contributed by atoms with Crippen molar-refractivity contribution in [1.82, 2.24) is 14.4 Å². The summed E-state index contributed by atoms with van der Waals surface area (Å²) >= 11 is 1.63. The van der Waals surface area contributed by atoms with Gasteiger partial charge in [-0.25, -0.2) is 4.98 Å². The Morgan fingerprint density at radius 3 is 3.05 bits per heavy atom. The maximum atomic E-state index is 11.9. The number of amides is 1. The van der Waals surface area contributed by atoms with Crippen LogP contribution in [-0.4, -0.2) is 20.3 Å². The molecule has 0 saturated heterocycles. The van der Waals surface area contributed by atoms with Crippen molar-refractivity contribution >= 4 is 34.0 Å². The van der Waals surface area contributed by atoms with E-state index in [4.69, 9.17) is 0 Å². The van der Waals surface area contributed by atoms with Gasteiger partial charge in [0.2, 0.25) is 5.91 Å². The Balaban J connectivity index is 1.81. The first-order valence-corrected chi connectivity index (χ1v) is 7.29. The molecule has 6 heteroatoms. The zero-order valence-electron chi connectivity index (χ0n) is 11.7. The molecule has 1 amide bonds. The summed E-state index contributed by atoms with van der Waals surface area (Å²) in [6.07, 6.45) is 8.59. The number of rotatable bonds is 3. The number of anilines is 1. The highest BCUT2D eigenvalue weighted by Crippen LogP contribution is 2.21. The van der Waals surface area contributed by atoms with Gasteiger partial charge in [0.25, 0.3) is 0 Å².